The van der Waals surface area contributed by atoms with Crippen LogP contribution in [0, 0.1) is 6.92 Å². The zero-order chi connectivity index (χ0) is 25.6. The standard InChI is InChI=1S/C26H28ClN3O4S/c1-19-13-15-23(16-14-19)35(33,34)30(22-10-5-4-6-11-22)18-25(31)29(20(2)26(32)28-3)17-21-9-7-8-12-24(21)27/h4-16,20H,17-18H2,1-3H3,(H,28,32)/t20-/m1/s1. The molecule has 3 rings (SSSR count). The molecule has 7 nitrogen and oxygen atoms in total. The molecule has 3 aromatic rings. The second kappa shape index (κ2) is 11.4. The lowest BCUT2D eigenvalue weighted by Gasteiger charge is -2.32. The lowest BCUT2D eigenvalue weighted by molar-refractivity contribution is -0.139. The number of hydrogen-bond acceptors (Lipinski definition) is 4. The van der Waals surface area contributed by atoms with E-state index in [1.165, 1.54) is 24.1 Å². The Hall–Kier alpha value is -3.36. The van der Waals surface area contributed by atoms with Crippen molar-refractivity contribution in [2.45, 2.75) is 31.3 Å². The Kier molecular flexibility index (Phi) is 8.53. The molecule has 0 bridgehead atoms. The molecule has 0 radical (unpaired) electrons. The molecule has 0 aliphatic rings. The van der Waals surface area contributed by atoms with E-state index < -0.39 is 28.5 Å². The van der Waals surface area contributed by atoms with Gasteiger partial charge in [-0.2, -0.15) is 0 Å². The van der Waals surface area contributed by atoms with Gasteiger partial charge < -0.3 is 10.2 Å². The maximum Gasteiger partial charge on any atom is 0.264 e. The van der Waals surface area contributed by atoms with E-state index >= 15 is 0 Å². The summed E-state index contributed by atoms with van der Waals surface area (Å²) in [4.78, 5) is 27.5. The van der Waals surface area contributed by atoms with Crippen LogP contribution in [0.1, 0.15) is 18.1 Å². The smallest absolute Gasteiger partial charge is 0.264 e. The largest absolute Gasteiger partial charge is 0.357 e. The number of carbonyl (C=O) groups is 2. The summed E-state index contributed by atoms with van der Waals surface area (Å²) in [6.07, 6.45) is 0. The predicted octanol–water partition coefficient (Wildman–Crippen LogP) is 4.01. The highest BCUT2D eigenvalue weighted by atomic mass is 35.5. The van der Waals surface area contributed by atoms with Gasteiger partial charge in [-0.1, -0.05) is 65.7 Å². The van der Waals surface area contributed by atoms with Crippen molar-refractivity contribution in [2.75, 3.05) is 17.9 Å². The number of hydrogen-bond donors (Lipinski definition) is 1. The third-order valence-electron chi connectivity index (χ3n) is 5.64. The van der Waals surface area contributed by atoms with Gasteiger partial charge in [0.15, 0.2) is 0 Å². The summed E-state index contributed by atoms with van der Waals surface area (Å²) in [5.41, 5.74) is 1.90. The molecule has 0 unspecified atom stereocenters. The third kappa shape index (κ3) is 6.21. The number of benzene rings is 3. The summed E-state index contributed by atoms with van der Waals surface area (Å²) < 4.78 is 28.3. The number of nitrogens with one attached hydrogen (secondary N) is 1. The summed E-state index contributed by atoms with van der Waals surface area (Å²) in [7, 11) is -2.59. The van der Waals surface area contributed by atoms with Crippen LogP contribution in [0.4, 0.5) is 5.69 Å². The van der Waals surface area contributed by atoms with Crippen molar-refractivity contribution < 1.29 is 18.0 Å². The van der Waals surface area contributed by atoms with Gasteiger partial charge in [0.05, 0.1) is 10.6 Å². The van der Waals surface area contributed by atoms with Crippen LogP contribution in [-0.4, -0.2) is 44.8 Å². The molecule has 1 atom stereocenters. The van der Waals surface area contributed by atoms with E-state index in [9.17, 15) is 18.0 Å². The number of para-hydroxylation sites is 1. The third-order valence-corrected chi connectivity index (χ3v) is 7.80. The Bertz CT molecular complexity index is 1280. The van der Waals surface area contributed by atoms with Gasteiger partial charge in [-0.15, -0.1) is 0 Å². The molecule has 0 saturated carbocycles. The fourth-order valence-electron chi connectivity index (χ4n) is 3.56. The Labute approximate surface area is 211 Å². The number of halogens is 1. The van der Waals surface area contributed by atoms with Crippen molar-refractivity contribution >= 4 is 39.1 Å². The average molecular weight is 514 g/mol. The summed E-state index contributed by atoms with van der Waals surface area (Å²) in [6.45, 7) is 3.00. The molecule has 1 N–H and O–H groups in total. The first-order valence-corrected chi connectivity index (χ1v) is 12.9. The van der Waals surface area contributed by atoms with E-state index in [4.69, 9.17) is 11.6 Å². The van der Waals surface area contributed by atoms with Crippen molar-refractivity contribution in [1.29, 1.82) is 0 Å². The highest BCUT2D eigenvalue weighted by Gasteiger charge is 2.32. The van der Waals surface area contributed by atoms with Crippen LogP contribution in [0.2, 0.25) is 5.02 Å². The van der Waals surface area contributed by atoms with Gasteiger partial charge in [0.2, 0.25) is 11.8 Å². The van der Waals surface area contributed by atoms with Gasteiger partial charge in [0, 0.05) is 18.6 Å². The van der Waals surface area contributed by atoms with E-state index in [1.807, 2.05) is 6.92 Å². The molecule has 35 heavy (non-hydrogen) atoms. The van der Waals surface area contributed by atoms with Crippen molar-refractivity contribution in [3.05, 3.63) is 95.0 Å². The zero-order valence-corrected chi connectivity index (χ0v) is 21.4. The molecule has 0 aliphatic carbocycles. The van der Waals surface area contributed by atoms with Crippen LogP contribution in [0.15, 0.2) is 83.8 Å². The van der Waals surface area contributed by atoms with Gasteiger partial charge >= 0.3 is 0 Å². The summed E-state index contributed by atoms with van der Waals surface area (Å²) in [5, 5.41) is 3.00. The fraction of sp³-hybridized carbons (Fsp3) is 0.231. The molecule has 0 heterocycles. The first kappa shape index (κ1) is 26.2. The number of amides is 2. The second-order valence-corrected chi connectivity index (χ2v) is 10.3. The zero-order valence-electron chi connectivity index (χ0n) is 19.8. The molecular weight excluding hydrogens is 486 g/mol. The molecule has 0 aliphatic heterocycles. The van der Waals surface area contributed by atoms with Crippen molar-refractivity contribution in [3.63, 3.8) is 0 Å². The van der Waals surface area contributed by atoms with Crippen LogP contribution in [0.5, 0.6) is 0 Å². The maximum atomic E-state index is 13.6. The van der Waals surface area contributed by atoms with Gasteiger partial charge in [-0.05, 0) is 49.7 Å². The minimum atomic E-state index is -4.07. The molecule has 0 fully saturated rings. The predicted molar refractivity (Wildman–Crippen MR) is 138 cm³/mol. The van der Waals surface area contributed by atoms with Gasteiger partial charge in [0.25, 0.3) is 10.0 Å². The number of anilines is 1. The summed E-state index contributed by atoms with van der Waals surface area (Å²) in [5.74, 6) is -0.918. The Morgan fingerprint density at radius 1 is 0.943 bits per heavy atom. The minimum absolute atomic E-state index is 0.0420. The monoisotopic (exact) mass is 513 g/mol. The van der Waals surface area contributed by atoms with Crippen molar-refractivity contribution in [1.82, 2.24) is 10.2 Å². The van der Waals surface area contributed by atoms with Crippen LogP contribution in [0.25, 0.3) is 0 Å². The van der Waals surface area contributed by atoms with Crippen LogP contribution < -0.4 is 9.62 Å². The highest BCUT2D eigenvalue weighted by Crippen LogP contribution is 2.25. The first-order valence-electron chi connectivity index (χ1n) is 11.0. The quantitative estimate of drug-likeness (QED) is 0.468. The number of rotatable bonds is 9. The molecular formula is C26H28ClN3O4S. The number of sulfonamides is 1. The van der Waals surface area contributed by atoms with E-state index in [0.717, 1.165) is 9.87 Å². The number of aryl methyl sites for hydroxylation is 1. The molecule has 2 amide bonds. The molecule has 0 aromatic heterocycles. The van der Waals surface area contributed by atoms with E-state index in [0.29, 0.717) is 16.3 Å². The van der Waals surface area contributed by atoms with Crippen molar-refractivity contribution in [3.8, 4) is 0 Å². The number of carbonyl (C=O) groups excluding carboxylic acids is 2. The molecule has 184 valence electrons. The molecule has 3 aromatic carbocycles. The Morgan fingerprint density at radius 2 is 1.54 bits per heavy atom. The van der Waals surface area contributed by atoms with E-state index in [2.05, 4.69) is 5.32 Å². The number of nitrogens with zero attached hydrogens (tertiary/aromatic N) is 2. The second-order valence-electron chi connectivity index (χ2n) is 8.06. The van der Waals surface area contributed by atoms with Gasteiger partial charge in [-0.25, -0.2) is 8.42 Å². The Morgan fingerprint density at radius 3 is 2.14 bits per heavy atom. The summed E-state index contributed by atoms with van der Waals surface area (Å²) in [6, 6.07) is 21.0. The fourth-order valence-corrected chi connectivity index (χ4v) is 5.17. The lowest BCUT2D eigenvalue weighted by atomic mass is 10.1. The van der Waals surface area contributed by atoms with Crippen LogP contribution in [0.3, 0.4) is 0 Å². The lowest BCUT2D eigenvalue weighted by Crippen LogP contribution is -2.50. The molecule has 0 saturated heterocycles. The van der Waals surface area contributed by atoms with E-state index in [1.54, 1.807) is 73.7 Å². The van der Waals surface area contributed by atoms with Crippen LogP contribution >= 0.6 is 11.6 Å². The van der Waals surface area contributed by atoms with Gasteiger partial charge in [-0.3, -0.25) is 13.9 Å². The van der Waals surface area contributed by atoms with E-state index in [-0.39, 0.29) is 17.3 Å². The topological polar surface area (TPSA) is 86.8 Å². The SMILES string of the molecule is CNC(=O)[C@@H](C)N(Cc1ccccc1Cl)C(=O)CN(c1ccccc1)S(=O)(=O)c1ccc(C)cc1. The minimum Gasteiger partial charge on any atom is -0.357 e. The number of likely N-dealkylation sites (N-methyl/N-ethyl adjacent to an activating group) is 1. The Balaban J connectivity index is 2.01. The summed E-state index contributed by atoms with van der Waals surface area (Å²) >= 11 is 6.31. The maximum absolute atomic E-state index is 13.6. The first-order chi connectivity index (χ1) is 16.6. The van der Waals surface area contributed by atoms with Crippen molar-refractivity contribution in [2.24, 2.45) is 0 Å². The van der Waals surface area contributed by atoms with Crippen LogP contribution in [-0.2, 0) is 26.2 Å². The normalized spacial score (nSPS) is 12.0. The average Bonchev–Trinajstić information content (AvgIpc) is 2.86. The molecule has 0 spiro atoms. The molecule has 9 heteroatoms. The van der Waals surface area contributed by atoms with Gasteiger partial charge in [0.1, 0.15) is 12.6 Å². The highest BCUT2D eigenvalue weighted by molar-refractivity contribution is 7.92.